The molecule has 2 bridgehead atoms. The van der Waals surface area contributed by atoms with Crippen molar-refractivity contribution < 1.29 is 9.53 Å². The van der Waals surface area contributed by atoms with E-state index in [1.54, 1.807) is 0 Å². The van der Waals surface area contributed by atoms with Gasteiger partial charge in [0.05, 0.1) is 6.61 Å². The SMILES string of the molecule is CCOC(=O)/C=C/CNC1C2(C)CCC(C2)C1(C)C. The van der Waals surface area contributed by atoms with Gasteiger partial charge in [0.1, 0.15) is 0 Å². The van der Waals surface area contributed by atoms with Crippen LogP contribution in [0.5, 0.6) is 0 Å². The first-order valence-corrected chi connectivity index (χ1v) is 7.47. The molecule has 0 aromatic heterocycles. The topological polar surface area (TPSA) is 38.3 Å². The molecule has 0 spiro atoms. The summed E-state index contributed by atoms with van der Waals surface area (Å²) < 4.78 is 4.87. The van der Waals surface area contributed by atoms with Crippen molar-refractivity contribution in [3.63, 3.8) is 0 Å². The van der Waals surface area contributed by atoms with Crippen LogP contribution in [-0.4, -0.2) is 25.2 Å². The molecule has 19 heavy (non-hydrogen) atoms. The molecule has 0 aromatic rings. The van der Waals surface area contributed by atoms with Gasteiger partial charge in [0.2, 0.25) is 0 Å². The fourth-order valence-electron chi connectivity index (χ4n) is 4.34. The molecule has 3 atom stereocenters. The average molecular weight is 265 g/mol. The Labute approximate surface area is 116 Å². The van der Waals surface area contributed by atoms with Crippen LogP contribution in [0.15, 0.2) is 12.2 Å². The van der Waals surface area contributed by atoms with Gasteiger partial charge in [-0.1, -0.05) is 26.8 Å². The molecule has 1 N–H and O–H groups in total. The molecule has 2 saturated carbocycles. The number of ether oxygens (including phenoxy) is 1. The lowest BCUT2D eigenvalue weighted by Gasteiger charge is -2.43. The zero-order valence-electron chi connectivity index (χ0n) is 12.7. The number of fused-ring (bicyclic) bond motifs is 2. The predicted octanol–water partition coefficient (Wildman–Crippen LogP) is 2.91. The van der Waals surface area contributed by atoms with Crippen LogP contribution in [0.2, 0.25) is 0 Å². The number of hydrogen-bond acceptors (Lipinski definition) is 3. The molecule has 0 aliphatic heterocycles. The highest BCUT2D eigenvalue weighted by Crippen LogP contribution is 2.62. The van der Waals surface area contributed by atoms with E-state index in [4.69, 9.17) is 4.74 Å². The first-order chi connectivity index (χ1) is 8.90. The monoisotopic (exact) mass is 265 g/mol. The van der Waals surface area contributed by atoms with Gasteiger partial charge in [-0.2, -0.15) is 0 Å². The Morgan fingerprint density at radius 1 is 1.42 bits per heavy atom. The number of carbonyl (C=O) groups is 1. The van der Waals surface area contributed by atoms with Gasteiger partial charge in [-0.3, -0.25) is 0 Å². The molecule has 0 saturated heterocycles. The maximum atomic E-state index is 11.2. The van der Waals surface area contributed by atoms with E-state index < -0.39 is 0 Å². The molecule has 0 radical (unpaired) electrons. The maximum absolute atomic E-state index is 11.2. The Balaban J connectivity index is 1.88. The summed E-state index contributed by atoms with van der Waals surface area (Å²) in [5.41, 5.74) is 0.802. The molecule has 108 valence electrons. The van der Waals surface area contributed by atoms with Crippen molar-refractivity contribution >= 4 is 5.97 Å². The first kappa shape index (κ1) is 14.6. The van der Waals surface area contributed by atoms with E-state index in [0.717, 1.165) is 12.5 Å². The molecule has 2 aliphatic carbocycles. The van der Waals surface area contributed by atoms with Gasteiger partial charge in [-0.25, -0.2) is 4.79 Å². The number of rotatable bonds is 5. The maximum Gasteiger partial charge on any atom is 0.330 e. The molecule has 3 unspecified atom stereocenters. The average Bonchev–Trinajstić information content (AvgIpc) is 2.79. The highest BCUT2D eigenvalue weighted by molar-refractivity contribution is 5.81. The van der Waals surface area contributed by atoms with Crippen LogP contribution in [0.25, 0.3) is 0 Å². The predicted molar refractivity (Wildman–Crippen MR) is 76.8 cm³/mol. The number of hydrogen-bond donors (Lipinski definition) is 1. The van der Waals surface area contributed by atoms with Crippen LogP contribution in [0.1, 0.15) is 47.0 Å². The molecule has 2 aliphatic rings. The number of carbonyl (C=O) groups excluding carboxylic acids is 1. The van der Waals surface area contributed by atoms with E-state index >= 15 is 0 Å². The second-order valence-electron chi connectivity index (χ2n) is 6.91. The van der Waals surface area contributed by atoms with Crippen LogP contribution < -0.4 is 5.32 Å². The highest BCUT2D eigenvalue weighted by atomic mass is 16.5. The van der Waals surface area contributed by atoms with E-state index in [1.807, 2.05) is 13.0 Å². The van der Waals surface area contributed by atoms with Crippen molar-refractivity contribution in [1.29, 1.82) is 0 Å². The molecule has 0 aromatic carbocycles. The number of esters is 1. The minimum atomic E-state index is -0.247. The quantitative estimate of drug-likeness (QED) is 0.613. The third-order valence-corrected chi connectivity index (χ3v) is 5.25. The standard InChI is InChI=1S/C16H27NO2/c1-5-19-13(18)7-6-10-17-14-15(2,3)12-8-9-16(14,4)11-12/h6-7,12,14,17H,5,8-11H2,1-4H3/b7-6+. The Morgan fingerprint density at radius 2 is 2.16 bits per heavy atom. The third-order valence-electron chi connectivity index (χ3n) is 5.25. The van der Waals surface area contributed by atoms with Crippen molar-refractivity contribution in [2.75, 3.05) is 13.2 Å². The normalized spacial score (nSPS) is 36.0. The fourth-order valence-corrected chi connectivity index (χ4v) is 4.34. The Hall–Kier alpha value is -0.830. The van der Waals surface area contributed by atoms with Gasteiger partial charge in [-0.05, 0) is 42.9 Å². The summed E-state index contributed by atoms with van der Waals surface area (Å²) in [6.45, 7) is 10.2. The third kappa shape index (κ3) is 2.71. The van der Waals surface area contributed by atoms with Gasteiger partial charge in [-0.15, -0.1) is 0 Å². The summed E-state index contributed by atoms with van der Waals surface area (Å²) in [4.78, 5) is 11.2. The molecular weight excluding hydrogens is 238 g/mol. The van der Waals surface area contributed by atoms with Crippen molar-refractivity contribution in [3.05, 3.63) is 12.2 Å². The van der Waals surface area contributed by atoms with Crippen molar-refractivity contribution in [1.82, 2.24) is 5.32 Å². The van der Waals surface area contributed by atoms with Gasteiger partial charge in [0.15, 0.2) is 0 Å². The zero-order valence-corrected chi connectivity index (χ0v) is 12.7. The fraction of sp³-hybridized carbons (Fsp3) is 0.812. The van der Waals surface area contributed by atoms with Crippen LogP contribution in [0.4, 0.5) is 0 Å². The summed E-state index contributed by atoms with van der Waals surface area (Å²) in [7, 11) is 0. The second-order valence-corrected chi connectivity index (χ2v) is 6.91. The summed E-state index contributed by atoms with van der Waals surface area (Å²) >= 11 is 0. The van der Waals surface area contributed by atoms with Crippen molar-refractivity contribution in [2.24, 2.45) is 16.7 Å². The van der Waals surface area contributed by atoms with Crippen LogP contribution in [-0.2, 0) is 9.53 Å². The van der Waals surface area contributed by atoms with Gasteiger partial charge >= 0.3 is 5.97 Å². The largest absolute Gasteiger partial charge is 0.463 e. The Morgan fingerprint density at radius 3 is 2.74 bits per heavy atom. The minimum Gasteiger partial charge on any atom is -0.463 e. The van der Waals surface area contributed by atoms with E-state index in [0.29, 0.717) is 23.5 Å². The molecule has 2 fully saturated rings. The lowest BCUT2D eigenvalue weighted by molar-refractivity contribution is -0.137. The van der Waals surface area contributed by atoms with E-state index in [-0.39, 0.29) is 5.97 Å². The summed E-state index contributed by atoms with van der Waals surface area (Å²) in [6.07, 6.45) is 7.46. The smallest absolute Gasteiger partial charge is 0.330 e. The summed E-state index contributed by atoms with van der Waals surface area (Å²) in [5, 5.41) is 3.65. The Bertz CT molecular complexity index is 370. The summed E-state index contributed by atoms with van der Waals surface area (Å²) in [5.74, 6) is 0.603. The van der Waals surface area contributed by atoms with E-state index in [2.05, 4.69) is 26.1 Å². The zero-order chi connectivity index (χ0) is 14.1. The van der Waals surface area contributed by atoms with Crippen LogP contribution in [0.3, 0.4) is 0 Å². The first-order valence-electron chi connectivity index (χ1n) is 7.47. The highest BCUT2D eigenvalue weighted by Gasteiger charge is 2.58. The van der Waals surface area contributed by atoms with Crippen molar-refractivity contribution in [3.8, 4) is 0 Å². The molecule has 3 nitrogen and oxygen atoms in total. The van der Waals surface area contributed by atoms with Crippen LogP contribution in [0, 0.1) is 16.7 Å². The second kappa shape index (κ2) is 5.28. The van der Waals surface area contributed by atoms with Crippen molar-refractivity contribution in [2.45, 2.75) is 53.0 Å². The van der Waals surface area contributed by atoms with E-state index in [1.165, 1.54) is 25.3 Å². The minimum absolute atomic E-state index is 0.247. The van der Waals surface area contributed by atoms with Gasteiger partial charge in [0.25, 0.3) is 0 Å². The lowest BCUT2D eigenvalue weighted by atomic mass is 9.68. The molecule has 0 heterocycles. The Kier molecular flexibility index (Phi) is 4.05. The van der Waals surface area contributed by atoms with Gasteiger partial charge in [0, 0.05) is 18.7 Å². The van der Waals surface area contributed by atoms with E-state index in [9.17, 15) is 4.79 Å². The molecule has 3 heteroatoms. The molecule has 2 rings (SSSR count). The lowest BCUT2D eigenvalue weighted by Crippen LogP contribution is -2.50. The van der Waals surface area contributed by atoms with Gasteiger partial charge < -0.3 is 10.1 Å². The summed E-state index contributed by atoms with van der Waals surface area (Å²) in [6, 6.07) is 0.547. The van der Waals surface area contributed by atoms with Crippen LogP contribution >= 0.6 is 0 Å². The molecule has 0 amide bonds. The molecular formula is C16H27NO2. The number of nitrogens with one attached hydrogen (secondary N) is 1.